The molecule has 0 aliphatic carbocycles. The van der Waals surface area contributed by atoms with E-state index in [1.165, 1.54) is 0 Å². The predicted molar refractivity (Wildman–Crippen MR) is 146 cm³/mol. The average molecular weight is 478 g/mol. The number of aryl methyl sites for hydroxylation is 1. The fourth-order valence-corrected chi connectivity index (χ4v) is 3.26. The van der Waals surface area contributed by atoms with E-state index in [0.717, 1.165) is 28.3 Å². The highest BCUT2D eigenvalue weighted by molar-refractivity contribution is 5.77. The quantitative estimate of drug-likeness (QED) is 0.204. The Morgan fingerprint density at radius 1 is 0.528 bits per heavy atom. The third-order valence-corrected chi connectivity index (χ3v) is 5.28. The maximum Gasteiger partial charge on any atom is 0.111 e. The monoisotopic (exact) mass is 477 g/mol. The molecule has 0 fully saturated rings. The topological polar surface area (TPSA) is 129 Å². The molecular weight excluding hydrogens is 450 g/mol. The van der Waals surface area contributed by atoms with Gasteiger partial charge in [0.25, 0.3) is 0 Å². The van der Waals surface area contributed by atoms with Gasteiger partial charge in [0.2, 0.25) is 0 Å². The van der Waals surface area contributed by atoms with E-state index in [2.05, 4.69) is 30.7 Å². The van der Waals surface area contributed by atoms with E-state index < -0.39 is 0 Å². The lowest BCUT2D eigenvalue weighted by atomic mass is 10.2. The first-order chi connectivity index (χ1) is 17.4. The van der Waals surface area contributed by atoms with Crippen molar-refractivity contribution in [1.82, 2.24) is 0 Å². The number of nitrogens with two attached hydrogens (primary N) is 2. The van der Waals surface area contributed by atoms with Gasteiger partial charge in [-0.1, -0.05) is 24.3 Å². The molecule has 0 aromatic heterocycles. The van der Waals surface area contributed by atoms with Gasteiger partial charge in [0.1, 0.15) is 11.4 Å². The van der Waals surface area contributed by atoms with Gasteiger partial charge in [-0.05, 0) is 73.2 Å². The summed E-state index contributed by atoms with van der Waals surface area (Å²) in [6.07, 6.45) is 0. The highest BCUT2D eigenvalue weighted by atomic mass is 15.1. The van der Waals surface area contributed by atoms with Crippen LogP contribution in [0.15, 0.2) is 116 Å². The van der Waals surface area contributed by atoms with Crippen LogP contribution in [0.5, 0.6) is 0 Å². The summed E-state index contributed by atoms with van der Waals surface area (Å²) in [4.78, 5) is 2.02. The van der Waals surface area contributed by atoms with Crippen molar-refractivity contribution >= 4 is 51.2 Å². The second-order valence-corrected chi connectivity index (χ2v) is 8.29. The van der Waals surface area contributed by atoms with Crippen LogP contribution in [-0.4, -0.2) is 14.1 Å². The Balaban J connectivity index is 1.51. The summed E-state index contributed by atoms with van der Waals surface area (Å²) >= 11 is 0. The number of azo groups is 3. The minimum atomic E-state index is 0.400. The molecule has 0 spiro atoms. The number of anilines is 3. The third kappa shape index (κ3) is 6.15. The van der Waals surface area contributed by atoms with E-state index in [4.69, 9.17) is 11.5 Å². The minimum absolute atomic E-state index is 0.400. The highest BCUT2D eigenvalue weighted by Crippen LogP contribution is 2.36. The van der Waals surface area contributed by atoms with Gasteiger partial charge < -0.3 is 16.4 Å². The third-order valence-electron chi connectivity index (χ3n) is 5.28. The highest BCUT2D eigenvalue weighted by Gasteiger charge is 2.06. The number of nitrogens with zero attached hydrogens (tertiary/aromatic N) is 7. The summed E-state index contributed by atoms with van der Waals surface area (Å²) in [6.45, 7) is 1.95. The molecule has 4 N–H and O–H groups in total. The molecule has 0 aliphatic heterocycles. The van der Waals surface area contributed by atoms with Gasteiger partial charge in [-0.3, -0.25) is 0 Å². The predicted octanol–water partition coefficient (Wildman–Crippen LogP) is 8.47. The fraction of sp³-hybridized carbons (Fsp3) is 0.111. The van der Waals surface area contributed by atoms with E-state index in [0.29, 0.717) is 28.4 Å². The summed E-state index contributed by atoms with van der Waals surface area (Å²) in [5.41, 5.74) is 18.8. The molecule has 4 aromatic carbocycles. The second-order valence-electron chi connectivity index (χ2n) is 8.29. The zero-order valence-corrected chi connectivity index (χ0v) is 20.4. The number of rotatable bonds is 7. The molecule has 0 radical (unpaired) electrons. The van der Waals surface area contributed by atoms with Crippen LogP contribution in [0, 0.1) is 6.92 Å². The van der Waals surface area contributed by atoms with Crippen LogP contribution < -0.4 is 16.4 Å². The molecule has 0 unspecified atom stereocenters. The molecule has 9 heteroatoms. The van der Waals surface area contributed by atoms with Gasteiger partial charge in [-0.25, -0.2) is 0 Å². The van der Waals surface area contributed by atoms with E-state index in [-0.39, 0.29) is 0 Å². The summed E-state index contributed by atoms with van der Waals surface area (Å²) in [5.74, 6) is 0. The van der Waals surface area contributed by atoms with E-state index >= 15 is 0 Å². The van der Waals surface area contributed by atoms with Crippen molar-refractivity contribution in [2.75, 3.05) is 30.5 Å². The van der Waals surface area contributed by atoms with Crippen molar-refractivity contribution in [1.29, 1.82) is 0 Å². The van der Waals surface area contributed by atoms with Crippen LogP contribution in [0.4, 0.5) is 51.2 Å². The van der Waals surface area contributed by atoms with Gasteiger partial charge in [0, 0.05) is 19.8 Å². The Labute approximate surface area is 209 Å². The van der Waals surface area contributed by atoms with Gasteiger partial charge in [0.05, 0.1) is 34.1 Å². The molecule has 0 heterocycles. The first kappa shape index (κ1) is 24.2. The molecule has 36 heavy (non-hydrogen) atoms. The standard InChI is InChI=1S/C27H27N9/c1-18-14-21(12-13-25(18)33-31-20-10-7-11-22(15-20)36(2)3)32-35-27-17-26(23(28)16-24(27)29)34-30-19-8-5-4-6-9-19/h4-17H,28-29H2,1-3H3. The van der Waals surface area contributed by atoms with Crippen LogP contribution in [-0.2, 0) is 0 Å². The lowest BCUT2D eigenvalue weighted by molar-refractivity contribution is 1.12. The van der Waals surface area contributed by atoms with Crippen LogP contribution in [0.1, 0.15) is 5.56 Å². The van der Waals surface area contributed by atoms with Gasteiger partial charge in [-0.15, -0.1) is 10.2 Å². The van der Waals surface area contributed by atoms with E-state index in [9.17, 15) is 0 Å². The van der Waals surface area contributed by atoms with E-state index in [1.807, 2.05) is 98.7 Å². The maximum absolute atomic E-state index is 6.10. The SMILES string of the molecule is Cc1cc(N=Nc2cc(N=Nc3ccccc3)c(N)cc2N)ccc1N=Nc1cccc(N(C)C)c1. The van der Waals surface area contributed by atoms with Crippen molar-refractivity contribution < 1.29 is 0 Å². The number of hydrogen-bond acceptors (Lipinski definition) is 9. The van der Waals surface area contributed by atoms with Gasteiger partial charge in [-0.2, -0.15) is 20.5 Å². The average Bonchev–Trinajstić information content (AvgIpc) is 2.88. The van der Waals surface area contributed by atoms with Crippen LogP contribution in [0.25, 0.3) is 0 Å². The lowest BCUT2D eigenvalue weighted by Gasteiger charge is -2.11. The molecule has 0 amide bonds. The smallest absolute Gasteiger partial charge is 0.111 e. The minimum Gasteiger partial charge on any atom is -0.397 e. The normalized spacial score (nSPS) is 11.6. The molecule has 0 aliphatic rings. The summed E-state index contributed by atoms with van der Waals surface area (Å²) < 4.78 is 0. The Morgan fingerprint density at radius 2 is 1.11 bits per heavy atom. The number of hydrogen-bond donors (Lipinski definition) is 2. The van der Waals surface area contributed by atoms with Crippen LogP contribution >= 0.6 is 0 Å². The zero-order valence-electron chi connectivity index (χ0n) is 20.4. The van der Waals surface area contributed by atoms with Crippen LogP contribution in [0.2, 0.25) is 0 Å². The lowest BCUT2D eigenvalue weighted by Crippen LogP contribution is -2.07. The first-order valence-corrected chi connectivity index (χ1v) is 11.3. The maximum atomic E-state index is 6.10. The summed E-state index contributed by atoms with van der Waals surface area (Å²) in [7, 11) is 3.97. The summed E-state index contributed by atoms with van der Waals surface area (Å²) in [6, 6.07) is 26.1. The number of benzene rings is 4. The summed E-state index contributed by atoms with van der Waals surface area (Å²) in [5, 5.41) is 25.8. The molecule has 180 valence electrons. The van der Waals surface area contributed by atoms with Crippen molar-refractivity contribution in [3.05, 3.63) is 90.5 Å². The fourth-order valence-electron chi connectivity index (χ4n) is 3.26. The van der Waals surface area contributed by atoms with Crippen LogP contribution in [0.3, 0.4) is 0 Å². The number of nitrogen functional groups attached to an aromatic ring is 2. The van der Waals surface area contributed by atoms with E-state index in [1.54, 1.807) is 12.1 Å². The van der Waals surface area contributed by atoms with Crippen molar-refractivity contribution in [3.8, 4) is 0 Å². The molecule has 0 saturated carbocycles. The molecule has 0 saturated heterocycles. The Kier molecular flexibility index (Phi) is 7.40. The van der Waals surface area contributed by atoms with Gasteiger partial charge in [0.15, 0.2) is 0 Å². The molecule has 4 rings (SSSR count). The molecule has 0 bridgehead atoms. The molecule has 9 nitrogen and oxygen atoms in total. The van der Waals surface area contributed by atoms with Gasteiger partial charge >= 0.3 is 0 Å². The molecule has 4 aromatic rings. The Hall–Kier alpha value is -4.92. The zero-order chi connectivity index (χ0) is 25.5. The first-order valence-electron chi connectivity index (χ1n) is 11.3. The Morgan fingerprint density at radius 3 is 1.75 bits per heavy atom. The van der Waals surface area contributed by atoms with Crippen molar-refractivity contribution in [2.24, 2.45) is 30.7 Å². The molecule has 0 atom stereocenters. The van der Waals surface area contributed by atoms with Crippen molar-refractivity contribution in [2.45, 2.75) is 6.92 Å². The largest absolute Gasteiger partial charge is 0.397 e. The second kappa shape index (κ2) is 11.0. The Bertz CT molecular complexity index is 1440. The molecular formula is C27H27N9. The van der Waals surface area contributed by atoms with Crippen molar-refractivity contribution in [3.63, 3.8) is 0 Å².